The summed E-state index contributed by atoms with van der Waals surface area (Å²) < 4.78 is 10.00. The van der Waals surface area contributed by atoms with Gasteiger partial charge in [0.15, 0.2) is 0 Å². The third-order valence-electron chi connectivity index (χ3n) is 2.34. The number of hydrogen-bond donors (Lipinski definition) is 1. The van der Waals surface area contributed by atoms with Gasteiger partial charge >= 0.3 is 6.01 Å². The summed E-state index contributed by atoms with van der Waals surface area (Å²) in [6.07, 6.45) is 0. The molecule has 0 amide bonds. The molecule has 0 aliphatic rings. The van der Waals surface area contributed by atoms with Crippen LogP contribution in [0, 0.1) is 13.8 Å². The van der Waals surface area contributed by atoms with E-state index < -0.39 is 0 Å². The van der Waals surface area contributed by atoms with E-state index in [-0.39, 0.29) is 0 Å². The van der Waals surface area contributed by atoms with Crippen molar-refractivity contribution in [3.05, 3.63) is 23.4 Å². The molecule has 0 saturated carbocycles. The lowest BCUT2D eigenvalue weighted by Crippen LogP contribution is -2.07. The van der Waals surface area contributed by atoms with Crippen molar-refractivity contribution in [2.75, 3.05) is 25.6 Å². The van der Waals surface area contributed by atoms with Crippen molar-refractivity contribution >= 4 is 6.01 Å². The second-order valence-corrected chi connectivity index (χ2v) is 4.01. The van der Waals surface area contributed by atoms with Gasteiger partial charge < -0.3 is 14.6 Å². The predicted molar refractivity (Wildman–Crippen MR) is 67.4 cm³/mol. The van der Waals surface area contributed by atoms with E-state index in [9.17, 15) is 0 Å². The second kappa shape index (κ2) is 5.59. The number of anilines is 1. The average molecular weight is 248 g/mol. The normalized spacial score (nSPS) is 10.6. The Balaban J connectivity index is 2.13. The highest BCUT2D eigenvalue weighted by molar-refractivity contribution is 5.51. The molecule has 2 aromatic heterocycles. The number of methoxy groups -OCH3 is 1. The van der Waals surface area contributed by atoms with Crippen molar-refractivity contribution < 1.29 is 9.26 Å². The Morgan fingerprint density at radius 1 is 1.28 bits per heavy atom. The number of hydrogen-bond acceptors (Lipinski definition) is 6. The Labute approximate surface area is 105 Å². The van der Waals surface area contributed by atoms with Crippen LogP contribution in [0.1, 0.15) is 11.3 Å². The highest BCUT2D eigenvalue weighted by Gasteiger charge is 2.10. The topological polar surface area (TPSA) is 73.1 Å². The lowest BCUT2D eigenvalue weighted by molar-refractivity contribution is 0.210. The zero-order valence-electron chi connectivity index (χ0n) is 10.7. The van der Waals surface area contributed by atoms with Crippen LogP contribution in [0.25, 0.3) is 11.5 Å². The summed E-state index contributed by atoms with van der Waals surface area (Å²) in [7, 11) is 1.64. The van der Waals surface area contributed by atoms with Crippen molar-refractivity contribution in [3.8, 4) is 11.5 Å². The Morgan fingerprint density at radius 2 is 2.11 bits per heavy atom. The van der Waals surface area contributed by atoms with E-state index in [4.69, 9.17) is 9.26 Å². The van der Waals surface area contributed by atoms with Crippen LogP contribution in [-0.4, -0.2) is 35.4 Å². The number of ether oxygens (including phenoxy) is 1. The molecule has 0 unspecified atom stereocenters. The molecule has 0 aliphatic carbocycles. The highest BCUT2D eigenvalue weighted by Crippen LogP contribution is 2.17. The van der Waals surface area contributed by atoms with Crippen molar-refractivity contribution in [1.82, 2.24) is 15.1 Å². The maximum absolute atomic E-state index is 5.08. The molecule has 96 valence electrons. The zero-order valence-corrected chi connectivity index (χ0v) is 10.7. The van der Waals surface area contributed by atoms with Gasteiger partial charge in [-0.1, -0.05) is 5.16 Å². The fraction of sp³-hybridized carbons (Fsp3) is 0.417. The molecule has 2 heterocycles. The van der Waals surface area contributed by atoms with E-state index in [0.29, 0.717) is 25.0 Å². The van der Waals surface area contributed by atoms with Crippen LogP contribution < -0.4 is 5.32 Å². The largest absolute Gasteiger partial charge is 0.383 e. The molecule has 0 bridgehead atoms. The first kappa shape index (κ1) is 12.5. The maximum atomic E-state index is 5.08. The molecular weight excluding hydrogens is 232 g/mol. The van der Waals surface area contributed by atoms with Crippen LogP contribution in [0.5, 0.6) is 0 Å². The van der Waals surface area contributed by atoms with Crippen LogP contribution in [-0.2, 0) is 4.74 Å². The molecule has 6 heteroatoms. The Hall–Kier alpha value is -1.95. The minimum absolute atomic E-state index is 0.378. The Bertz CT molecular complexity index is 504. The molecule has 0 saturated heterocycles. The predicted octanol–water partition coefficient (Wildman–Crippen LogP) is 1.81. The number of aryl methyl sites for hydroxylation is 2. The van der Waals surface area contributed by atoms with Crippen molar-refractivity contribution in [3.63, 3.8) is 0 Å². The summed E-state index contributed by atoms with van der Waals surface area (Å²) in [6, 6.07) is 4.31. The lowest BCUT2D eigenvalue weighted by atomic mass is 10.2. The van der Waals surface area contributed by atoms with Gasteiger partial charge in [-0.3, -0.25) is 0 Å². The third-order valence-corrected chi connectivity index (χ3v) is 2.34. The van der Waals surface area contributed by atoms with Crippen LogP contribution in [0.4, 0.5) is 6.01 Å². The second-order valence-electron chi connectivity index (χ2n) is 4.01. The van der Waals surface area contributed by atoms with Gasteiger partial charge in [0, 0.05) is 19.3 Å². The summed E-state index contributed by atoms with van der Waals surface area (Å²) in [5.41, 5.74) is 2.77. The maximum Gasteiger partial charge on any atom is 0.321 e. The molecule has 0 atom stereocenters. The van der Waals surface area contributed by atoms with Gasteiger partial charge in [-0.25, -0.2) is 4.98 Å². The van der Waals surface area contributed by atoms with Crippen LogP contribution in [0.3, 0.4) is 0 Å². The van der Waals surface area contributed by atoms with Crippen molar-refractivity contribution in [1.29, 1.82) is 0 Å². The number of rotatable bonds is 5. The summed E-state index contributed by atoms with van der Waals surface area (Å²) in [4.78, 5) is 8.60. The van der Waals surface area contributed by atoms with Gasteiger partial charge in [0.1, 0.15) is 5.69 Å². The molecule has 0 radical (unpaired) electrons. The third kappa shape index (κ3) is 3.04. The fourth-order valence-corrected chi connectivity index (χ4v) is 1.62. The smallest absolute Gasteiger partial charge is 0.321 e. The van der Waals surface area contributed by atoms with Crippen molar-refractivity contribution in [2.45, 2.75) is 13.8 Å². The molecule has 2 rings (SSSR count). The van der Waals surface area contributed by atoms with E-state index >= 15 is 0 Å². The van der Waals surface area contributed by atoms with Gasteiger partial charge in [0.05, 0.1) is 6.61 Å². The number of pyridine rings is 1. The number of nitrogens with zero attached hydrogens (tertiary/aromatic N) is 3. The Kier molecular flexibility index (Phi) is 3.88. The molecule has 0 spiro atoms. The SMILES string of the molecule is COCCNc1nc(-c2cc(C)cc(C)n2)no1. The molecule has 18 heavy (non-hydrogen) atoms. The minimum Gasteiger partial charge on any atom is -0.383 e. The van der Waals surface area contributed by atoms with Gasteiger partial charge in [-0.2, -0.15) is 4.98 Å². The highest BCUT2D eigenvalue weighted by atomic mass is 16.5. The molecule has 0 aromatic carbocycles. The molecule has 1 N–H and O–H groups in total. The van der Waals surface area contributed by atoms with E-state index in [1.54, 1.807) is 7.11 Å². The summed E-state index contributed by atoms with van der Waals surface area (Å²) in [6.45, 7) is 5.16. The molecule has 2 aromatic rings. The summed E-state index contributed by atoms with van der Waals surface area (Å²) in [5, 5.41) is 6.87. The standard InChI is InChI=1S/C12H16N4O2/c1-8-6-9(2)14-10(7-8)11-15-12(18-16-11)13-4-5-17-3/h6-7H,4-5H2,1-3H3,(H,13,15,16). The van der Waals surface area contributed by atoms with Crippen molar-refractivity contribution in [2.24, 2.45) is 0 Å². The van der Waals surface area contributed by atoms with Gasteiger partial charge in [0.2, 0.25) is 5.82 Å². The molecule has 6 nitrogen and oxygen atoms in total. The molecule has 0 aliphatic heterocycles. The van der Waals surface area contributed by atoms with E-state index in [1.165, 1.54) is 0 Å². The van der Waals surface area contributed by atoms with Gasteiger partial charge in [0.25, 0.3) is 0 Å². The first-order valence-corrected chi connectivity index (χ1v) is 5.71. The molecule has 0 fully saturated rings. The lowest BCUT2D eigenvalue weighted by Gasteiger charge is -1.99. The monoisotopic (exact) mass is 248 g/mol. The van der Waals surface area contributed by atoms with E-state index in [1.807, 2.05) is 26.0 Å². The first-order chi connectivity index (χ1) is 8.69. The van der Waals surface area contributed by atoms with Crippen LogP contribution >= 0.6 is 0 Å². The van der Waals surface area contributed by atoms with Gasteiger partial charge in [-0.15, -0.1) is 0 Å². The minimum atomic E-state index is 0.378. The zero-order chi connectivity index (χ0) is 13.0. The average Bonchev–Trinajstić information content (AvgIpc) is 2.77. The molecular formula is C12H16N4O2. The summed E-state index contributed by atoms with van der Waals surface area (Å²) in [5.74, 6) is 0.488. The van der Waals surface area contributed by atoms with Gasteiger partial charge in [-0.05, 0) is 31.5 Å². The first-order valence-electron chi connectivity index (χ1n) is 5.71. The number of aromatic nitrogens is 3. The summed E-state index contributed by atoms with van der Waals surface area (Å²) >= 11 is 0. The van der Waals surface area contributed by atoms with Crippen LogP contribution in [0.15, 0.2) is 16.7 Å². The Morgan fingerprint density at radius 3 is 2.83 bits per heavy atom. The number of nitrogens with one attached hydrogen (secondary N) is 1. The van der Waals surface area contributed by atoms with Crippen LogP contribution in [0.2, 0.25) is 0 Å². The quantitative estimate of drug-likeness (QED) is 0.813. The fourth-order valence-electron chi connectivity index (χ4n) is 1.62. The van der Waals surface area contributed by atoms with E-state index in [0.717, 1.165) is 17.0 Å². The van der Waals surface area contributed by atoms with E-state index in [2.05, 4.69) is 20.4 Å².